The van der Waals surface area contributed by atoms with E-state index < -0.39 is 0 Å². The molecule has 0 radical (unpaired) electrons. The van der Waals surface area contributed by atoms with Crippen LogP contribution in [-0.2, 0) is 6.42 Å². The Kier molecular flexibility index (Phi) is 4.98. The number of unbranched alkanes of at least 4 members (excludes halogenated alkanes) is 1. The van der Waals surface area contributed by atoms with Gasteiger partial charge in [-0.05, 0) is 66.9 Å². The predicted octanol–water partition coefficient (Wildman–Crippen LogP) is 8.28. The molecule has 1 aliphatic heterocycles. The number of para-hydroxylation sites is 5. The fourth-order valence-corrected chi connectivity index (χ4v) is 4.27. The minimum Gasteiger partial charge on any atom is -0.306 e. The first-order valence-electron chi connectivity index (χ1n) is 10.8. The Morgan fingerprint density at radius 3 is 1.40 bits per heavy atom. The van der Waals surface area contributed by atoms with Gasteiger partial charge in [0.2, 0.25) is 0 Å². The van der Waals surface area contributed by atoms with Crippen LogP contribution >= 0.6 is 0 Å². The van der Waals surface area contributed by atoms with Gasteiger partial charge in [-0.15, -0.1) is 0 Å². The first-order valence-corrected chi connectivity index (χ1v) is 10.8. The average molecular weight is 391 g/mol. The number of hydrogen-bond acceptors (Lipinski definition) is 2. The number of anilines is 6. The summed E-state index contributed by atoms with van der Waals surface area (Å²) in [7, 11) is 0. The monoisotopic (exact) mass is 390 g/mol. The van der Waals surface area contributed by atoms with Crippen molar-refractivity contribution in [1.82, 2.24) is 0 Å². The smallest absolute Gasteiger partial charge is 0.0703 e. The summed E-state index contributed by atoms with van der Waals surface area (Å²) in [6.07, 6.45) is 3.61. The summed E-state index contributed by atoms with van der Waals surface area (Å²) in [5, 5.41) is 0. The van der Waals surface area contributed by atoms with E-state index in [1.807, 2.05) is 0 Å². The summed E-state index contributed by atoms with van der Waals surface area (Å²) in [5.74, 6) is 0. The fraction of sp³-hybridized carbons (Fsp3) is 0.143. The van der Waals surface area contributed by atoms with Gasteiger partial charge >= 0.3 is 0 Å². The molecule has 1 heterocycles. The lowest BCUT2D eigenvalue weighted by Crippen LogP contribution is -2.23. The predicted molar refractivity (Wildman–Crippen MR) is 128 cm³/mol. The first-order chi connectivity index (χ1) is 14.9. The van der Waals surface area contributed by atoms with Gasteiger partial charge in [0.25, 0.3) is 0 Å². The third kappa shape index (κ3) is 3.25. The van der Waals surface area contributed by atoms with Crippen LogP contribution in [0.3, 0.4) is 0 Å². The average Bonchev–Trinajstić information content (AvgIpc) is 2.82. The number of nitrogens with zero attached hydrogens (tertiary/aromatic N) is 2. The molecule has 2 nitrogen and oxygen atoms in total. The van der Waals surface area contributed by atoms with Crippen molar-refractivity contribution in [3.05, 3.63) is 109 Å². The molecule has 0 saturated carbocycles. The molecule has 0 N–H and O–H groups in total. The largest absolute Gasteiger partial charge is 0.306 e. The van der Waals surface area contributed by atoms with E-state index in [0.29, 0.717) is 0 Å². The van der Waals surface area contributed by atoms with Crippen molar-refractivity contribution >= 4 is 34.1 Å². The third-order valence-electron chi connectivity index (χ3n) is 5.76. The second kappa shape index (κ2) is 8.08. The molecule has 0 bridgehead atoms. The van der Waals surface area contributed by atoms with Gasteiger partial charge in [0, 0.05) is 11.4 Å². The lowest BCUT2D eigenvalue weighted by molar-refractivity contribution is 0.795. The highest BCUT2D eigenvalue weighted by Gasteiger charge is 2.29. The number of aryl methyl sites for hydroxylation is 1. The zero-order valence-electron chi connectivity index (χ0n) is 17.3. The molecule has 0 spiro atoms. The third-order valence-corrected chi connectivity index (χ3v) is 5.76. The highest BCUT2D eigenvalue weighted by atomic mass is 15.3. The zero-order valence-corrected chi connectivity index (χ0v) is 17.3. The van der Waals surface area contributed by atoms with Crippen LogP contribution in [0.4, 0.5) is 34.1 Å². The van der Waals surface area contributed by atoms with E-state index in [9.17, 15) is 0 Å². The van der Waals surface area contributed by atoms with Crippen LogP contribution in [0.2, 0.25) is 0 Å². The highest BCUT2D eigenvalue weighted by molar-refractivity contribution is 6.01. The maximum absolute atomic E-state index is 2.38. The summed E-state index contributed by atoms with van der Waals surface area (Å²) in [6, 6.07) is 37.0. The van der Waals surface area contributed by atoms with E-state index in [0.717, 1.165) is 6.42 Å². The SMILES string of the molecule is CCCCc1ccc(N2c3ccccc3N(c3ccccc3)c3ccccc32)cc1. The molecule has 0 aliphatic carbocycles. The van der Waals surface area contributed by atoms with Crippen LogP contribution in [0.5, 0.6) is 0 Å². The molecule has 0 amide bonds. The Hall–Kier alpha value is -3.52. The molecular formula is C28H26N2. The molecule has 4 aromatic carbocycles. The van der Waals surface area contributed by atoms with Crippen molar-refractivity contribution in [3.8, 4) is 0 Å². The topological polar surface area (TPSA) is 6.48 Å². The minimum atomic E-state index is 1.14. The van der Waals surface area contributed by atoms with Crippen LogP contribution < -0.4 is 9.80 Å². The molecular weight excluding hydrogens is 364 g/mol. The zero-order chi connectivity index (χ0) is 20.3. The van der Waals surface area contributed by atoms with Gasteiger partial charge in [-0.2, -0.15) is 0 Å². The van der Waals surface area contributed by atoms with Gasteiger partial charge in [-0.3, -0.25) is 0 Å². The van der Waals surface area contributed by atoms with E-state index in [1.165, 1.54) is 52.5 Å². The van der Waals surface area contributed by atoms with Crippen molar-refractivity contribution < 1.29 is 0 Å². The summed E-state index contributed by atoms with van der Waals surface area (Å²) in [6.45, 7) is 2.24. The lowest BCUT2D eigenvalue weighted by Gasteiger charge is -2.40. The summed E-state index contributed by atoms with van der Waals surface area (Å²) >= 11 is 0. The highest BCUT2D eigenvalue weighted by Crippen LogP contribution is 2.53. The molecule has 1 aliphatic rings. The molecule has 148 valence electrons. The standard InChI is InChI=1S/C28H26N2/c1-2-3-11-22-18-20-24(21-19-22)30-27-16-9-7-14-25(27)29(23-12-5-4-6-13-23)26-15-8-10-17-28(26)30/h4-10,12-21H,2-3,11H2,1H3. The van der Waals surface area contributed by atoms with Gasteiger partial charge in [0.05, 0.1) is 22.7 Å². The Morgan fingerprint density at radius 1 is 0.500 bits per heavy atom. The maximum Gasteiger partial charge on any atom is 0.0703 e. The van der Waals surface area contributed by atoms with Crippen LogP contribution in [0.1, 0.15) is 25.3 Å². The van der Waals surface area contributed by atoms with Crippen molar-refractivity contribution in [1.29, 1.82) is 0 Å². The van der Waals surface area contributed by atoms with Crippen molar-refractivity contribution in [2.24, 2.45) is 0 Å². The molecule has 5 rings (SSSR count). The molecule has 0 unspecified atom stereocenters. The van der Waals surface area contributed by atoms with Crippen LogP contribution in [-0.4, -0.2) is 0 Å². The van der Waals surface area contributed by atoms with E-state index >= 15 is 0 Å². The molecule has 0 saturated heterocycles. The molecule has 4 aromatic rings. The summed E-state index contributed by atoms with van der Waals surface area (Å²) in [4.78, 5) is 4.74. The lowest BCUT2D eigenvalue weighted by atomic mass is 10.0. The number of hydrogen-bond donors (Lipinski definition) is 0. The number of benzene rings is 4. The number of fused-ring (bicyclic) bond motifs is 2. The summed E-state index contributed by atoms with van der Waals surface area (Å²) < 4.78 is 0. The van der Waals surface area contributed by atoms with Gasteiger partial charge in [0.1, 0.15) is 0 Å². The summed E-state index contributed by atoms with van der Waals surface area (Å²) in [5.41, 5.74) is 8.55. The van der Waals surface area contributed by atoms with Crippen molar-refractivity contribution in [2.45, 2.75) is 26.2 Å². The normalized spacial score (nSPS) is 12.4. The number of rotatable bonds is 5. The van der Waals surface area contributed by atoms with Gasteiger partial charge in [0.15, 0.2) is 0 Å². The van der Waals surface area contributed by atoms with Gasteiger partial charge in [-0.25, -0.2) is 0 Å². The molecule has 0 fully saturated rings. The van der Waals surface area contributed by atoms with Crippen molar-refractivity contribution in [3.63, 3.8) is 0 Å². The molecule has 0 atom stereocenters. The van der Waals surface area contributed by atoms with Crippen LogP contribution in [0.15, 0.2) is 103 Å². The molecule has 2 heteroatoms. The second-order valence-electron chi connectivity index (χ2n) is 7.75. The maximum atomic E-state index is 2.38. The Bertz CT molecular complexity index is 1090. The van der Waals surface area contributed by atoms with Crippen LogP contribution in [0.25, 0.3) is 0 Å². The van der Waals surface area contributed by atoms with Crippen molar-refractivity contribution in [2.75, 3.05) is 9.80 Å². The van der Waals surface area contributed by atoms with Gasteiger partial charge in [-0.1, -0.05) is 67.9 Å². The van der Waals surface area contributed by atoms with E-state index in [-0.39, 0.29) is 0 Å². The quantitative estimate of drug-likeness (QED) is 0.298. The van der Waals surface area contributed by atoms with E-state index in [2.05, 4.69) is 120 Å². The van der Waals surface area contributed by atoms with E-state index in [1.54, 1.807) is 0 Å². The minimum absolute atomic E-state index is 1.14. The Morgan fingerprint density at radius 2 is 0.933 bits per heavy atom. The van der Waals surface area contributed by atoms with Crippen LogP contribution in [0, 0.1) is 0 Å². The second-order valence-corrected chi connectivity index (χ2v) is 7.75. The Balaban J connectivity index is 1.65. The van der Waals surface area contributed by atoms with E-state index in [4.69, 9.17) is 0 Å². The fourth-order valence-electron chi connectivity index (χ4n) is 4.27. The molecule has 30 heavy (non-hydrogen) atoms. The molecule has 0 aromatic heterocycles. The Labute approximate surface area is 179 Å². The van der Waals surface area contributed by atoms with Gasteiger partial charge < -0.3 is 9.80 Å². The first kappa shape index (κ1) is 18.5.